The maximum atomic E-state index is 4.24. The Kier molecular flexibility index (Phi) is 5.04. The van der Waals surface area contributed by atoms with E-state index in [2.05, 4.69) is 60.8 Å². The average Bonchev–Trinajstić information content (AvgIpc) is 2.43. The highest BCUT2D eigenvalue weighted by Crippen LogP contribution is 2.17. The minimum absolute atomic E-state index is 1.00. The first-order valence-corrected chi connectivity index (χ1v) is 7.35. The lowest BCUT2D eigenvalue weighted by molar-refractivity contribution is 1.33. The van der Waals surface area contributed by atoms with Crippen LogP contribution in [0.4, 0.5) is 5.69 Å². The molecule has 0 radical (unpaired) electrons. The van der Waals surface area contributed by atoms with E-state index in [1.165, 1.54) is 10.5 Å². The third-order valence-corrected chi connectivity index (χ3v) is 3.54. The van der Waals surface area contributed by atoms with E-state index in [1.54, 1.807) is 0 Å². The van der Waals surface area contributed by atoms with Crippen molar-refractivity contribution in [3.8, 4) is 0 Å². The number of hydrogen-bond acceptors (Lipinski definition) is 3. The molecule has 19 heavy (non-hydrogen) atoms. The molecular weight excluding hydrogens is 252 g/mol. The molecule has 0 aromatic heterocycles. The summed E-state index contributed by atoms with van der Waals surface area (Å²) in [6.07, 6.45) is 1.83. The molecular formula is C16H18N2S. The molecule has 98 valence electrons. The summed E-state index contributed by atoms with van der Waals surface area (Å²) >= 11 is 1.85. The number of nitrogens with zero attached hydrogens (tertiary/aromatic N) is 1. The van der Waals surface area contributed by atoms with Crippen LogP contribution < -0.4 is 5.43 Å². The SMILES string of the molecule is CCSc1ccc(C=NNc2ccc(C)cc2)cc1. The Morgan fingerprint density at radius 2 is 1.74 bits per heavy atom. The molecule has 0 aliphatic carbocycles. The fourth-order valence-electron chi connectivity index (χ4n) is 1.63. The smallest absolute Gasteiger partial charge is 0.0561 e. The highest BCUT2D eigenvalue weighted by molar-refractivity contribution is 7.99. The van der Waals surface area contributed by atoms with Crippen molar-refractivity contribution in [2.45, 2.75) is 18.7 Å². The van der Waals surface area contributed by atoms with Crippen LogP contribution in [-0.2, 0) is 0 Å². The van der Waals surface area contributed by atoms with Gasteiger partial charge < -0.3 is 0 Å². The van der Waals surface area contributed by atoms with Crippen molar-refractivity contribution in [3.05, 3.63) is 59.7 Å². The minimum atomic E-state index is 1.00. The molecule has 0 saturated carbocycles. The Labute approximate surface area is 118 Å². The van der Waals surface area contributed by atoms with Crippen LogP contribution in [0.3, 0.4) is 0 Å². The van der Waals surface area contributed by atoms with E-state index in [-0.39, 0.29) is 0 Å². The molecule has 0 heterocycles. The lowest BCUT2D eigenvalue weighted by atomic mass is 10.2. The molecule has 0 amide bonds. The van der Waals surface area contributed by atoms with E-state index in [0.29, 0.717) is 0 Å². The van der Waals surface area contributed by atoms with Crippen LogP contribution in [0.25, 0.3) is 0 Å². The minimum Gasteiger partial charge on any atom is -0.279 e. The van der Waals surface area contributed by atoms with E-state index in [1.807, 2.05) is 30.1 Å². The fourth-order valence-corrected chi connectivity index (χ4v) is 2.29. The van der Waals surface area contributed by atoms with Gasteiger partial charge in [0.15, 0.2) is 0 Å². The van der Waals surface area contributed by atoms with Gasteiger partial charge in [0.05, 0.1) is 11.9 Å². The van der Waals surface area contributed by atoms with Crippen LogP contribution in [0.15, 0.2) is 58.5 Å². The van der Waals surface area contributed by atoms with Crippen molar-refractivity contribution in [3.63, 3.8) is 0 Å². The van der Waals surface area contributed by atoms with Crippen molar-refractivity contribution in [1.82, 2.24) is 0 Å². The van der Waals surface area contributed by atoms with Gasteiger partial charge in [0.25, 0.3) is 0 Å². The second-order valence-electron chi connectivity index (χ2n) is 4.24. The molecule has 2 rings (SSSR count). The topological polar surface area (TPSA) is 24.4 Å². The van der Waals surface area contributed by atoms with Gasteiger partial charge in [0, 0.05) is 4.90 Å². The summed E-state index contributed by atoms with van der Waals surface area (Å²) in [6, 6.07) is 16.6. The maximum Gasteiger partial charge on any atom is 0.0561 e. The zero-order valence-electron chi connectivity index (χ0n) is 11.3. The van der Waals surface area contributed by atoms with E-state index in [9.17, 15) is 0 Å². The van der Waals surface area contributed by atoms with Crippen LogP contribution in [-0.4, -0.2) is 12.0 Å². The summed E-state index contributed by atoms with van der Waals surface area (Å²) in [7, 11) is 0. The number of aryl methyl sites for hydroxylation is 1. The summed E-state index contributed by atoms with van der Waals surface area (Å²) < 4.78 is 0. The summed E-state index contributed by atoms with van der Waals surface area (Å²) in [5.74, 6) is 1.10. The van der Waals surface area contributed by atoms with Gasteiger partial charge in [0.2, 0.25) is 0 Å². The van der Waals surface area contributed by atoms with Gasteiger partial charge in [-0.3, -0.25) is 5.43 Å². The van der Waals surface area contributed by atoms with Gasteiger partial charge in [-0.1, -0.05) is 36.8 Å². The van der Waals surface area contributed by atoms with Crippen molar-refractivity contribution in [1.29, 1.82) is 0 Å². The summed E-state index contributed by atoms with van der Waals surface area (Å²) in [5, 5.41) is 4.24. The van der Waals surface area contributed by atoms with Crippen LogP contribution in [0.1, 0.15) is 18.1 Å². The van der Waals surface area contributed by atoms with E-state index in [4.69, 9.17) is 0 Å². The molecule has 0 aliphatic heterocycles. The Morgan fingerprint density at radius 3 is 2.37 bits per heavy atom. The molecule has 1 N–H and O–H groups in total. The molecule has 0 aliphatic rings. The molecule has 2 nitrogen and oxygen atoms in total. The number of hydrazone groups is 1. The van der Waals surface area contributed by atoms with Crippen LogP contribution in [0, 0.1) is 6.92 Å². The summed E-state index contributed by atoms with van der Waals surface area (Å²) in [5.41, 5.74) is 6.37. The van der Waals surface area contributed by atoms with Crippen molar-refractivity contribution in [2.24, 2.45) is 5.10 Å². The highest BCUT2D eigenvalue weighted by atomic mass is 32.2. The summed E-state index contributed by atoms with van der Waals surface area (Å²) in [4.78, 5) is 1.30. The first kappa shape index (κ1) is 13.7. The zero-order valence-corrected chi connectivity index (χ0v) is 12.1. The Morgan fingerprint density at radius 1 is 1.05 bits per heavy atom. The van der Waals surface area contributed by atoms with Crippen LogP contribution >= 0.6 is 11.8 Å². The quantitative estimate of drug-likeness (QED) is 0.489. The third-order valence-electron chi connectivity index (χ3n) is 2.65. The number of benzene rings is 2. The second kappa shape index (κ2) is 7.00. The van der Waals surface area contributed by atoms with Crippen molar-refractivity contribution in [2.75, 3.05) is 11.2 Å². The molecule has 0 unspecified atom stereocenters. The summed E-state index contributed by atoms with van der Waals surface area (Å²) in [6.45, 7) is 4.23. The monoisotopic (exact) mass is 270 g/mol. The molecule has 0 spiro atoms. The predicted octanol–water partition coefficient (Wildman–Crippen LogP) is 4.55. The Hall–Kier alpha value is -1.74. The molecule has 0 atom stereocenters. The molecule has 2 aromatic rings. The van der Waals surface area contributed by atoms with Gasteiger partial charge in [-0.2, -0.15) is 5.10 Å². The van der Waals surface area contributed by atoms with Crippen molar-refractivity contribution < 1.29 is 0 Å². The van der Waals surface area contributed by atoms with Gasteiger partial charge >= 0.3 is 0 Å². The molecule has 2 aromatic carbocycles. The number of nitrogens with one attached hydrogen (secondary N) is 1. The average molecular weight is 270 g/mol. The van der Waals surface area contributed by atoms with E-state index < -0.39 is 0 Å². The molecule has 0 saturated heterocycles. The first-order chi connectivity index (χ1) is 9.28. The standard InChI is InChI=1S/C16H18N2S/c1-3-19-16-10-6-14(7-11-16)12-17-18-15-8-4-13(2)5-9-15/h4-12,18H,3H2,1-2H3. The van der Waals surface area contributed by atoms with Gasteiger partial charge in [-0.25, -0.2) is 0 Å². The van der Waals surface area contributed by atoms with Gasteiger partial charge in [0.1, 0.15) is 0 Å². The first-order valence-electron chi connectivity index (χ1n) is 6.36. The Bertz CT molecular complexity index is 530. The number of hydrogen-bond donors (Lipinski definition) is 1. The lowest BCUT2D eigenvalue weighted by Crippen LogP contribution is -1.90. The van der Waals surface area contributed by atoms with Gasteiger partial charge in [-0.15, -0.1) is 11.8 Å². The van der Waals surface area contributed by atoms with Crippen LogP contribution in [0.5, 0.6) is 0 Å². The zero-order chi connectivity index (χ0) is 13.5. The number of anilines is 1. The highest BCUT2D eigenvalue weighted by Gasteiger charge is 1.92. The van der Waals surface area contributed by atoms with Crippen molar-refractivity contribution >= 4 is 23.7 Å². The lowest BCUT2D eigenvalue weighted by Gasteiger charge is -2.01. The predicted molar refractivity (Wildman–Crippen MR) is 85.2 cm³/mol. The molecule has 0 bridgehead atoms. The third kappa shape index (κ3) is 4.45. The van der Waals surface area contributed by atoms with E-state index in [0.717, 1.165) is 17.0 Å². The largest absolute Gasteiger partial charge is 0.279 e. The number of thioether (sulfide) groups is 1. The fraction of sp³-hybridized carbons (Fsp3) is 0.188. The normalized spacial score (nSPS) is 10.8. The van der Waals surface area contributed by atoms with E-state index >= 15 is 0 Å². The number of rotatable bonds is 5. The van der Waals surface area contributed by atoms with Gasteiger partial charge in [-0.05, 0) is 42.5 Å². The molecule has 3 heteroatoms. The second-order valence-corrected chi connectivity index (χ2v) is 5.58. The van der Waals surface area contributed by atoms with Crippen LogP contribution in [0.2, 0.25) is 0 Å². The molecule has 0 fully saturated rings. The Balaban J connectivity index is 1.93. The maximum absolute atomic E-state index is 4.24.